The topological polar surface area (TPSA) is 143 Å². The van der Waals surface area contributed by atoms with Gasteiger partial charge in [-0.3, -0.25) is 10.4 Å². The third-order valence-electron chi connectivity index (χ3n) is 3.84. The van der Waals surface area contributed by atoms with Gasteiger partial charge in [-0.25, -0.2) is 4.79 Å². The third-order valence-corrected chi connectivity index (χ3v) is 3.84. The van der Waals surface area contributed by atoms with E-state index in [9.17, 15) is 25.6 Å². The fraction of sp³-hybridized carbons (Fsp3) is 0.312. The van der Waals surface area contributed by atoms with Crippen LogP contribution in [0, 0.1) is 10.4 Å². The number of rotatable bonds is 7. The van der Waals surface area contributed by atoms with Crippen molar-refractivity contribution < 1.29 is 29.4 Å². The van der Waals surface area contributed by atoms with Gasteiger partial charge in [-0.05, 0) is 30.7 Å². The zero-order valence-corrected chi connectivity index (χ0v) is 15.1. The second-order valence-corrected chi connectivity index (χ2v) is 5.32. The summed E-state index contributed by atoms with van der Waals surface area (Å²) in [6.07, 6.45) is 0. The van der Waals surface area contributed by atoms with Gasteiger partial charge in [-0.15, -0.1) is 5.23 Å². The zero-order valence-electron chi connectivity index (χ0n) is 15.1. The lowest BCUT2D eigenvalue weighted by molar-refractivity contribution is 0.0253. The van der Waals surface area contributed by atoms with Gasteiger partial charge in [0.05, 0.1) is 26.5 Å². The Balaban J connectivity index is 2.75. The number of hydrogen-bond acceptors (Lipinski definition) is 10. The zero-order chi connectivity index (χ0) is 20.3. The smallest absolute Gasteiger partial charge is 0.355 e. The molecule has 0 saturated carbocycles. The van der Waals surface area contributed by atoms with Crippen molar-refractivity contribution in [3.05, 3.63) is 34.3 Å². The number of benzene rings is 1. The summed E-state index contributed by atoms with van der Waals surface area (Å²) in [5.41, 5.74) is -0.0302. The van der Waals surface area contributed by atoms with E-state index in [0.717, 1.165) is 0 Å². The lowest BCUT2D eigenvalue weighted by Gasteiger charge is -2.39. The van der Waals surface area contributed by atoms with Crippen LogP contribution in [0.1, 0.15) is 17.4 Å². The van der Waals surface area contributed by atoms with Crippen LogP contribution in [0.15, 0.2) is 18.2 Å². The average Bonchev–Trinajstić information content (AvgIpc) is 2.98. The minimum absolute atomic E-state index is 0.0207. The van der Waals surface area contributed by atoms with Crippen LogP contribution in [0.5, 0.6) is 11.5 Å². The summed E-state index contributed by atoms with van der Waals surface area (Å²) in [7, 11) is 3.99. The van der Waals surface area contributed by atoms with Gasteiger partial charge >= 0.3 is 5.97 Å². The highest BCUT2D eigenvalue weighted by Gasteiger charge is 2.24. The fourth-order valence-corrected chi connectivity index (χ4v) is 2.68. The molecule has 0 aliphatic rings. The number of nitrogens with zero attached hydrogens (tertiary/aromatic N) is 3. The van der Waals surface area contributed by atoms with Crippen molar-refractivity contribution in [1.29, 1.82) is 0 Å². The Labute approximate surface area is 154 Å². The molecule has 0 bridgehead atoms. The van der Waals surface area contributed by atoms with Crippen molar-refractivity contribution in [2.45, 2.75) is 6.92 Å². The quantitative estimate of drug-likeness (QED) is 0.541. The van der Waals surface area contributed by atoms with E-state index < -0.39 is 11.2 Å². The Hall–Kier alpha value is -2.99. The maximum atomic E-state index is 12.1. The molecule has 1 heterocycles. The number of carbonyl (C=O) groups is 1. The van der Waals surface area contributed by atoms with E-state index in [1.807, 2.05) is 0 Å². The first-order valence-electron chi connectivity index (χ1n) is 7.72. The van der Waals surface area contributed by atoms with Crippen LogP contribution < -0.4 is 19.9 Å². The molecule has 11 nitrogen and oxygen atoms in total. The molecule has 0 atom stereocenters. The molecule has 2 rings (SSSR count). The molecule has 0 aliphatic carbocycles. The summed E-state index contributed by atoms with van der Waals surface area (Å²) in [5, 5.41) is 41.2. The second kappa shape index (κ2) is 8.14. The average molecular weight is 381 g/mol. The van der Waals surface area contributed by atoms with Crippen molar-refractivity contribution in [2.24, 2.45) is 7.05 Å². The summed E-state index contributed by atoms with van der Waals surface area (Å²) in [5.74, 6) is -0.903. The van der Waals surface area contributed by atoms with Gasteiger partial charge in [0.2, 0.25) is 0 Å². The Morgan fingerprint density at radius 2 is 1.85 bits per heavy atom. The summed E-state index contributed by atoms with van der Waals surface area (Å²) in [6, 6.07) is 3.93. The first kappa shape index (κ1) is 20.3. The number of anilines is 2. The monoisotopic (exact) mass is 381 g/mol. The Morgan fingerprint density at radius 3 is 2.33 bits per heavy atom. The van der Waals surface area contributed by atoms with Gasteiger partial charge in [0.15, 0.2) is 17.3 Å². The molecule has 2 aromatic rings. The number of ether oxygens (including phenoxy) is 3. The molecule has 0 spiro atoms. The van der Waals surface area contributed by atoms with Gasteiger partial charge in [-0.1, -0.05) is 0 Å². The first-order chi connectivity index (χ1) is 12.8. The van der Waals surface area contributed by atoms with Gasteiger partial charge in [0.1, 0.15) is 5.69 Å². The minimum atomic E-state index is -0.690. The van der Waals surface area contributed by atoms with E-state index in [1.165, 1.54) is 44.0 Å². The van der Waals surface area contributed by atoms with Crippen LogP contribution >= 0.6 is 0 Å². The summed E-state index contributed by atoms with van der Waals surface area (Å²) >= 11 is 0. The molecule has 11 heteroatoms. The van der Waals surface area contributed by atoms with Gasteiger partial charge in [0, 0.05) is 12.6 Å². The van der Waals surface area contributed by atoms with Gasteiger partial charge < -0.3 is 34.4 Å². The predicted molar refractivity (Wildman–Crippen MR) is 95.2 cm³/mol. The van der Waals surface area contributed by atoms with Crippen molar-refractivity contribution in [1.82, 2.24) is 4.57 Å². The highest BCUT2D eigenvalue weighted by Crippen LogP contribution is 2.43. The van der Waals surface area contributed by atoms with Crippen molar-refractivity contribution in [3.63, 3.8) is 0 Å². The number of hydrogen-bond donors (Lipinski definition) is 2. The fourth-order valence-electron chi connectivity index (χ4n) is 2.68. The molecule has 2 N–H and O–H groups in total. The lowest BCUT2D eigenvalue weighted by atomic mass is 10.1. The summed E-state index contributed by atoms with van der Waals surface area (Å²) in [4.78, 5) is 12.1. The molecular weight excluding hydrogens is 362 g/mol. The molecule has 27 heavy (non-hydrogen) atoms. The van der Waals surface area contributed by atoms with Crippen LogP contribution in [0.3, 0.4) is 0 Å². The normalized spacial score (nSPS) is 10.5. The van der Waals surface area contributed by atoms with Crippen molar-refractivity contribution >= 4 is 17.5 Å². The lowest BCUT2D eigenvalue weighted by Crippen LogP contribution is -2.18. The standard InChI is InChI=1S/C16H19N3O8/c1-5-27-16(20)12-8-10(15(17(12)2)19(23)24)9-6-11(18(21)22)14(26-4)13(7-9)25-3/h6-8,23-24H,5H2,1-4H3/q-2. The molecule has 0 amide bonds. The number of aromatic nitrogens is 1. The van der Waals surface area contributed by atoms with E-state index in [0.29, 0.717) is 0 Å². The molecule has 0 unspecified atom stereocenters. The molecule has 0 aliphatic heterocycles. The van der Waals surface area contributed by atoms with E-state index in [4.69, 9.17) is 14.2 Å². The molecular formula is C16H19N3O8-2. The van der Waals surface area contributed by atoms with Crippen LogP contribution in [0.4, 0.5) is 11.5 Å². The highest BCUT2D eigenvalue weighted by atomic mass is 16.8. The van der Waals surface area contributed by atoms with Crippen LogP contribution in [0.2, 0.25) is 0 Å². The minimum Gasteiger partial charge on any atom is -0.769 e. The van der Waals surface area contributed by atoms with E-state index in [1.54, 1.807) is 6.92 Å². The second-order valence-electron chi connectivity index (χ2n) is 5.32. The maximum Gasteiger partial charge on any atom is 0.355 e. The predicted octanol–water partition coefficient (Wildman–Crippen LogP) is 2.27. The Kier molecular flexibility index (Phi) is 6.13. The molecule has 0 radical (unpaired) electrons. The van der Waals surface area contributed by atoms with E-state index in [-0.39, 0.29) is 51.7 Å². The number of carbonyl (C=O) groups excluding carboxylic acids is 1. The van der Waals surface area contributed by atoms with E-state index in [2.05, 4.69) is 0 Å². The van der Waals surface area contributed by atoms with Gasteiger partial charge in [-0.2, -0.15) is 0 Å². The molecule has 148 valence electrons. The maximum absolute atomic E-state index is 12.1. The van der Waals surface area contributed by atoms with E-state index >= 15 is 0 Å². The first-order valence-corrected chi connectivity index (χ1v) is 7.72. The van der Waals surface area contributed by atoms with Crippen LogP contribution in [-0.2, 0) is 11.8 Å². The number of esters is 1. The van der Waals surface area contributed by atoms with Gasteiger partial charge in [0.25, 0.3) is 0 Å². The van der Waals surface area contributed by atoms with Crippen molar-refractivity contribution in [3.8, 4) is 22.6 Å². The largest absolute Gasteiger partial charge is 0.769 e. The Bertz CT molecular complexity index is 832. The summed E-state index contributed by atoms with van der Waals surface area (Å²) in [6.45, 7) is 1.75. The highest BCUT2D eigenvalue weighted by molar-refractivity contribution is 5.94. The molecule has 0 saturated heterocycles. The molecule has 0 fully saturated rings. The third kappa shape index (κ3) is 3.75. The van der Waals surface area contributed by atoms with Crippen LogP contribution in [-0.4, -0.2) is 41.8 Å². The van der Waals surface area contributed by atoms with Crippen molar-refractivity contribution in [2.75, 3.05) is 31.3 Å². The Morgan fingerprint density at radius 1 is 1.19 bits per heavy atom. The number of methoxy groups -OCH3 is 2. The molecule has 1 aromatic carbocycles. The summed E-state index contributed by atoms with van der Waals surface area (Å²) < 4.78 is 16.3. The SMILES string of the molecule is CCOC(=O)c1cc(-c2cc(OC)c(OC)c(N([O-])[O-])c2)c(N(O)O)n1C. The van der Waals surface area contributed by atoms with Crippen LogP contribution in [0.25, 0.3) is 11.1 Å². The molecule has 1 aromatic heterocycles.